The molecule has 0 aliphatic heterocycles. The lowest BCUT2D eigenvalue weighted by Gasteiger charge is -2.21. The zero-order chi connectivity index (χ0) is 14.8. The van der Waals surface area contributed by atoms with Crippen LogP contribution in [0, 0.1) is 5.92 Å². The number of hydrogen-bond acceptors (Lipinski definition) is 5. The van der Waals surface area contributed by atoms with Gasteiger partial charge < -0.3 is 20.3 Å². The molecule has 0 aliphatic rings. The molecule has 0 saturated heterocycles. The zero-order valence-corrected chi connectivity index (χ0v) is 11.1. The SMILES string of the molecule is COCCNC(=O)CN(CC(=O)O)CC(C)C(=O)O. The van der Waals surface area contributed by atoms with E-state index in [2.05, 4.69) is 5.32 Å². The van der Waals surface area contributed by atoms with E-state index in [4.69, 9.17) is 14.9 Å². The van der Waals surface area contributed by atoms with Gasteiger partial charge in [-0.15, -0.1) is 0 Å². The van der Waals surface area contributed by atoms with E-state index in [1.165, 1.54) is 18.9 Å². The fourth-order valence-electron chi connectivity index (χ4n) is 1.39. The van der Waals surface area contributed by atoms with Gasteiger partial charge in [-0.3, -0.25) is 19.3 Å². The number of rotatable bonds is 10. The summed E-state index contributed by atoms with van der Waals surface area (Å²) in [5.74, 6) is -3.25. The number of methoxy groups -OCH3 is 1. The van der Waals surface area contributed by atoms with Gasteiger partial charge in [0.05, 0.1) is 25.6 Å². The van der Waals surface area contributed by atoms with Crippen molar-refractivity contribution in [1.29, 1.82) is 0 Å². The van der Waals surface area contributed by atoms with Gasteiger partial charge in [-0.05, 0) is 0 Å². The van der Waals surface area contributed by atoms with Crippen molar-refractivity contribution < 1.29 is 29.3 Å². The van der Waals surface area contributed by atoms with Crippen molar-refractivity contribution in [2.24, 2.45) is 5.92 Å². The number of hydrogen-bond donors (Lipinski definition) is 3. The first-order valence-electron chi connectivity index (χ1n) is 5.79. The Morgan fingerprint density at radius 1 is 1.26 bits per heavy atom. The van der Waals surface area contributed by atoms with Crippen LogP contribution in [0.1, 0.15) is 6.92 Å². The van der Waals surface area contributed by atoms with Crippen molar-refractivity contribution in [1.82, 2.24) is 10.2 Å². The molecule has 0 aromatic rings. The molecular formula is C11H20N2O6. The van der Waals surface area contributed by atoms with E-state index in [0.717, 1.165) is 0 Å². The fraction of sp³-hybridized carbons (Fsp3) is 0.727. The number of aliphatic carboxylic acids is 2. The number of nitrogens with zero attached hydrogens (tertiary/aromatic N) is 1. The van der Waals surface area contributed by atoms with Crippen LogP contribution in [0.5, 0.6) is 0 Å². The zero-order valence-electron chi connectivity index (χ0n) is 11.1. The quantitative estimate of drug-likeness (QED) is 0.432. The van der Waals surface area contributed by atoms with Gasteiger partial charge in [0.25, 0.3) is 0 Å². The van der Waals surface area contributed by atoms with Crippen LogP contribution >= 0.6 is 0 Å². The van der Waals surface area contributed by atoms with Crippen LogP contribution in [0.4, 0.5) is 0 Å². The van der Waals surface area contributed by atoms with Crippen molar-refractivity contribution in [3.8, 4) is 0 Å². The van der Waals surface area contributed by atoms with Crippen molar-refractivity contribution in [3.63, 3.8) is 0 Å². The Kier molecular flexibility index (Phi) is 8.47. The highest BCUT2D eigenvalue weighted by Gasteiger charge is 2.20. The summed E-state index contributed by atoms with van der Waals surface area (Å²) in [5.41, 5.74) is 0. The van der Waals surface area contributed by atoms with Gasteiger partial charge >= 0.3 is 11.9 Å². The minimum Gasteiger partial charge on any atom is -0.481 e. The fourth-order valence-corrected chi connectivity index (χ4v) is 1.39. The van der Waals surface area contributed by atoms with Gasteiger partial charge in [-0.1, -0.05) is 6.92 Å². The van der Waals surface area contributed by atoms with Crippen LogP contribution < -0.4 is 5.32 Å². The predicted molar refractivity (Wildman–Crippen MR) is 65.8 cm³/mol. The lowest BCUT2D eigenvalue weighted by Crippen LogP contribution is -2.43. The van der Waals surface area contributed by atoms with Gasteiger partial charge in [0.1, 0.15) is 0 Å². The molecule has 0 heterocycles. The molecule has 3 N–H and O–H groups in total. The molecule has 110 valence electrons. The Hall–Kier alpha value is -1.67. The van der Waals surface area contributed by atoms with Gasteiger partial charge in [0.15, 0.2) is 0 Å². The molecule has 1 unspecified atom stereocenters. The molecule has 0 aromatic heterocycles. The van der Waals surface area contributed by atoms with E-state index in [1.54, 1.807) is 0 Å². The minimum atomic E-state index is -1.11. The van der Waals surface area contributed by atoms with Crippen molar-refractivity contribution >= 4 is 17.8 Å². The van der Waals surface area contributed by atoms with E-state index in [-0.39, 0.29) is 25.5 Å². The molecule has 0 spiro atoms. The standard InChI is InChI=1S/C11H20N2O6/c1-8(11(17)18)5-13(7-10(15)16)6-9(14)12-3-4-19-2/h8H,3-7H2,1-2H3,(H,12,14)(H,15,16)(H,17,18). The van der Waals surface area contributed by atoms with Gasteiger partial charge in [0, 0.05) is 20.2 Å². The first-order valence-corrected chi connectivity index (χ1v) is 5.79. The Bertz CT molecular complexity index is 320. The molecule has 1 atom stereocenters. The number of carbonyl (C=O) groups excluding carboxylic acids is 1. The molecule has 0 aromatic carbocycles. The average molecular weight is 276 g/mol. The third-order valence-electron chi connectivity index (χ3n) is 2.31. The second kappa shape index (κ2) is 9.29. The molecule has 8 heteroatoms. The van der Waals surface area contributed by atoms with Crippen LogP contribution in [-0.2, 0) is 19.1 Å². The van der Waals surface area contributed by atoms with Gasteiger partial charge in [-0.2, -0.15) is 0 Å². The highest BCUT2D eigenvalue weighted by molar-refractivity contribution is 5.79. The monoisotopic (exact) mass is 276 g/mol. The van der Waals surface area contributed by atoms with Gasteiger partial charge in [-0.25, -0.2) is 0 Å². The normalized spacial score (nSPS) is 12.2. The van der Waals surface area contributed by atoms with E-state index in [1.807, 2.05) is 0 Å². The van der Waals surface area contributed by atoms with Crippen molar-refractivity contribution in [3.05, 3.63) is 0 Å². The summed E-state index contributed by atoms with van der Waals surface area (Å²) >= 11 is 0. The molecular weight excluding hydrogens is 256 g/mol. The molecule has 0 saturated carbocycles. The Labute approximate surface area is 111 Å². The van der Waals surface area contributed by atoms with Crippen LogP contribution in [0.3, 0.4) is 0 Å². The molecule has 19 heavy (non-hydrogen) atoms. The Morgan fingerprint density at radius 3 is 2.37 bits per heavy atom. The van der Waals surface area contributed by atoms with E-state index in [9.17, 15) is 14.4 Å². The molecule has 1 amide bonds. The summed E-state index contributed by atoms with van der Waals surface area (Å²) in [6.07, 6.45) is 0. The summed E-state index contributed by atoms with van der Waals surface area (Å²) in [5, 5.41) is 20.0. The lowest BCUT2D eigenvalue weighted by atomic mass is 10.1. The number of carboxylic acid groups (broad SMARTS) is 2. The smallest absolute Gasteiger partial charge is 0.317 e. The van der Waals surface area contributed by atoms with E-state index >= 15 is 0 Å². The predicted octanol–water partition coefficient (Wildman–Crippen LogP) is -1.14. The van der Waals surface area contributed by atoms with Gasteiger partial charge in [0.2, 0.25) is 5.91 Å². The maximum Gasteiger partial charge on any atom is 0.317 e. The molecule has 0 fully saturated rings. The number of carbonyl (C=O) groups is 3. The molecule has 0 aliphatic carbocycles. The first kappa shape index (κ1) is 17.3. The average Bonchev–Trinajstić information content (AvgIpc) is 2.27. The summed E-state index contributed by atoms with van der Waals surface area (Å²) < 4.78 is 4.76. The third-order valence-corrected chi connectivity index (χ3v) is 2.31. The molecule has 0 bridgehead atoms. The molecule has 0 rings (SSSR count). The molecule has 8 nitrogen and oxygen atoms in total. The summed E-state index contributed by atoms with van der Waals surface area (Å²) in [6, 6.07) is 0. The number of nitrogens with one attached hydrogen (secondary N) is 1. The topological polar surface area (TPSA) is 116 Å². The summed E-state index contributed by atoms with van der Waals surface area (Å²) in [7, 11) is 1.50. The Balaban J connectivity index is 4.29. The maximum absolute atomic E-state index is 11.5. The minimum absolute atomic E-state index is 0.000664. The van der Waals surface area contributed by atoms with Crippen molar-refractivity contribution in [2.45, 2.75) is 6.92 Å². The lowest BCUT2D eigenvalue weighted by molar-refractivity contribution is -0.144. The van der Waals surface area contributed by atoms with Crippen LogP contribution in [-0.4, -0.2) is 72.9 Å². The first-order chi connectivity index (χ1) is 8.86. The molecule has 0 radical (unpaired) electrons. The second-order valence-corrected chi connectivity index (χ2v) is 4.15. The number of amides is 1. The summed E-state index contributed by atoms with van der Waals surface area (Å²) in [6.45, 7) is 1.60. The number of ether oxygens (including phenoxy) is 1. The van der Waals surface area contributed by atoms with Crippen LogP contribution in [0.15, 0.2) is 0 Å². The largest absolute Gasteiger partial charge is 0.481 e. The third kappa shape index (κ3) is 8.97. The van der Waals surface area contributed by atoms with E-state index in [0.29, 0.717) is 13.2 Å². The second-order valence-electron chi connectivity index (χ2n) is 4.15. The number of carboxylic acids is 2. The Morgan fingerprint density at radius 2 is 1.89 bits per heavy atom. The highest BCUT2D eigenvalue weighted by Crippen LogP contribution is 2.00. The van der Waals surface area contributed by atoms with Crippen LogP contribution in [0.2, 0.25) is 0 Å². The highest BCUT2D eigenvalue weighted by atomic mass is 16.5. The van der Waals surface area contributed by atoms with Crippen LogP contribution in [0.25, 0.3) is 0 Å². The summed E-state index contributed by atoms with van der Waals surface area (Å²) in [4.78, 5) is 34.2. The van der Waals surface area contributed by atoms with Crippen molar-refractivity contribution in [2.75, 3.05) is 39.9 Å². The maximum atomic E-state index is 11.5. The van der Waals surface area contributed by atoms with E-state index < -0.39 is 17.9 Å².